The van der Waals surface area contributed by atoms with Crippen LogP contribution in [0.5, 0.6) is 5.88 Å². The van der Waals surface area contributed by atoms with Crippen molar-refractivity contribution in [3.05, 3.63) is 51.7 Å². The van der Waals surface area contributed by atoms with Crippen LogP contribution in [0.4, 0.5) is 18.9 Å². The number of carbonyl (C=O) groups is 2. The van der Waals surface area contributed by atoms with Gasteiger partial charge in [0.25, 0.3) is 5.91 Å². The van der Waals surface area contributed by atoms with E-state index in [1.54, 1.807) is 24.3 Å². The molecular formula is C16H12F3IN2O4. The molecule has 0 bridgehead atoms. The van der Waals surface area contributed by atoms with E-state index in [0.717, 1.165) is 15.8 Å². The largest absolute Gasteiger partial charge is 0.468 e. The van der Waals surface area contributed by atoms with E-state index < -0.39 is 31.3 Å². The molecule has 0 aliphatic heterocycles. The fraction of sp³-hybridized carbons (Fsp3) is 0.188. The van der Waals surface area contributed by atoms with E-state index in [1.807, 2.05) is 0 Å². The Bertz CT molecular complexity index is 765. The number of halogens is 4. The molecular weight excluding hydrogens is 468 g/mol. The molecule has 26 heavy (non-hydrogen) atoms. The van der Waals surface area contributed by atoms with Gasteiger partial charge in [-0.1, -0.05) is 0 Å². The van der Waals surface area contributed by atoms with Crippen molar-refractivity contribution in [1.82, 2.24) is 4.98 Å². The van der Waals surface area contributed by atoms with Gasteiger partial charge in [-0.25, -0.2) is 9.78 Å². The predicted octanol–water partition coefficient (Wildman–Crippen LogP) is 3.42. The molecule has 0 fully saturated rings. The lowest BCUT2D eigenvalue weighted by molar-refractivity contribution is -0.154. The summed E-state index contributed by atoms with van der Waals surface area (Å²) < 4.78 is 46.4. The number of anilines is 1. The van der Waals surface area contributed by atoms with Gasteiger partial charge in [0, 0.05) is 21.5 Å². The molecule has 2 aromatic rings. The lowest BCUT2D eigenvalue weighted by atomic mass is 10.3. The minimum absolute atomic E-state index is 0.0218. The summed E-state index contributed by atoms with van der Waals surface area (Å²) in [4.78, 5) is 27.1. The van der Waals surface area contributed by atoms with E-state index in [9.17, 15) is 22.8 Å². The van der Waals surface area contributed by atoms with Crippen LogP contribution in [0, 0.1) is 3.57 Å². The summed E-state index contributed by atoms with van der Waals surface area (Å²) in [5, 5.41) is 2.55. The number of aromatic nitrogens is 1. The zero-order valence-electron chi connectivity index (χ0n) is 13.0. The van der Waals surface area contributed by atoms with E-state index in [2.05, 4.69) is 37.6 Å². The monoisotopic (exact) mass is 480 g/mol. The predicted molar refractivity (Wildman–Crippen MR) is 93.9 cm³/mol. The molecule has 6 nitrogen and oxygen atoms in total. The summed E-state index contributed by atoms with van der Waals surface area (Å²) >= 11 is 2.12. The highest BCUT2D eigenvalue weighted by Crippen LogP contribution is 2.17. The summed E-state index contributed by atoms with van der Waals surface area (Å²) in [6.45, 7) is -2.00. The van der Waals surface area contributed by atoms with Gasteiger partial charge in [0.15, 0.2) is 13.2 Å². The number of alkyl halides is 3. The molecule has 1 aromatic carbocycles. The van der Waals surface area contributed by atoms with Crippen LogP contribution >= 0.6 is 22.6 Å². The Kier molecular flexibility index (Phi) is 6.77. The highest BCUT2D eigenvalue weighted by molar-refractivity contribution is 14.1. The third-order valence-corrected chi connectivity index (χ3v) is 3.54. The van der Waals surface area contributed by atoms with Crippen LogP contribution in [-0.4, -0.2) is 36.3 Å². The van der Waals surface area contributed by atoms with Crippen molar-refractivity contribution in [2.45, 2.75) is 6.18 Å². The number of rotatable bonds is 6. The lowest BCUT2D eigenvalue weighted by Crippen LogP contribution is -2.21. The maximum Gasteiger partial charge on any atom is 0.422 e. The number of esters is 1. The average Bonchev–Trinajstić information content (AvgIpc) is 2.60. The van der Waals surface area contributed by atoms with Gasteiger partial charge in [-0.05, 0) is 52.9 Å². The van der Waals surface area contributed by atoms with Crippen LogP contribution in [0.2, 0.25) is 0 Å². The van der Waals surface area contributed by atoms with Crippen molar-refractivity contribution >= 4 is 40.2 Å². The number of benzene rings is 1. The van der Waals surface area contributed by atoms with Crippen molar-refractivity contribution in [2.24, 2.45) is 0 Å². The Morgan fingerprint density at radius 3 is 2.38 bits per heavy atom. The smallest absolute Gasteiger partial charge is 0.422 e. The Labute approximate surface area is 159 Å². The van der Waals surface area contributed by atoms with Gasteiger partial charge in [0.05, 0.1) is 5.56 Å². The van der Waals surface area contributed by atoms with Gasteiger partial charge in [-0.15, -0.1) is 0 Å². The lowest BCUT2D eigenvalue weighted by Gasteiger charge is -2.09. The molecule has 0 saturated carbocycles. The fourth-order valence-corrected chi connectivity index (χ4v) is 2.05. The summed E-state index contributed by atoms with van der Waals surface area (Å²) in [7, 11) is 0. The van der Waals surface area contributed by atoms with Gasteiger partial charge in [-0.3, -0.25) is 4.79 Å². The average molecular weight is 480 g/mol. The van der Waals surface area contributed by atoms with Crippen LogP contribution in [0.3, 0.4) is 0 Å². The minimum atomic E-state index is -4.48. The number of nitrogens with one attached hydrogen (secondary N) is 1. The molecule has 0 radical (unpaired) electrons. The summed E-state index contributed by atoms with van der Waals surface area (Å²) in [5.41, 5.74) is 0.533. The first-order valence-corrected chi connectivity index (χ1v) is 8.19. The molecule has 0 atom stereocenters. The van der Waals surface area contributed by atoms with E-state index >= 15 is 0 Å². The maximum atomic E-state index is 12.0. The van der Waals surface area contributed by atoms with Crippen molar-refractivity contribution in [1.29, 1.82) is 0 Å². The first kappa shape index (κ1) is 19.9. The molecule has 1 N–H and O–H groups in total. The number of ether oxygens (including phenoxy) is 2. The van der Waals surface area contributed by atoms with Gasteiger partial charge in [0.2, 0.25) is 5.88 Å². The van der Waals surface area contributed by atoms with Crippen LogP contribution in [0.1, 0.15) is 10.4 Å². The number of amides is 1. The van der Waals surface area contributed by atoms with E-state index in [1.165, 1.54) is 6.07 Å². The van der Waals surface area contributed by atoms with Crippen LogP contribution < -0.4 is 10.1 Å². The van der Waals surface area contributed by atoms with Crippen molar-refractivity contribution in [3.63, 3.8) is 0 Å². The molecule has 1 heterocycles. The van der Waals surface area contributed by atoms with Crippen LogP contribution in [-0.2, 0) is 9.53 Å². The number of nitrogens with zero attached hydrogens (tertiary/aromatic N) is 1. The molecule has 0 spiro atoms. The SMILES string of the molecule is O=C(COC(=O)c1ccc(OCC(F)(F)F)nc1)Nc1ccc(I)cc1. The first-order valence-electron chi connectivity index (χ1n) is 7.11. The standard InChI is InChI=1S/C16H12F3IN2O4/c17-16(18,19)9-26-14-6-1-10(7-21-14)15(24)25-8-13(23)22-12-4-2-11(20)3-5-12/h1-7H,8-9H2,(H,22,23). The number of pyridine rings is 1. The second-order valence-electron chi connectivity index (χ2n) is 4.92. The molecule has 2 rings (SSSR count). The summed E-state index contributed by atoms with van der Waals surface area (Å²) in [6, 6.07) is 9.30. The zero-order valence-corrected chi connectivity index (χ0v) is 15.2. The van der Waals surface area contributed by atoms with Crippen LogP contribution in [0.15, 0.2) is 42.6 Å². The van der Waals surface area contributed by atoms with E-state index in [4.69, 9.17) is 4.74 Å². The van der Waals surface area contributed by atoms with Crippen molar-refractivity contribution in [2.75, 3.05) is 18.5 Å². The summed E-state index contributed by atoms with van der Waals surface area (Å²) in [5.74, 6) is -1.65. The Hall–Kier alpha value is -2.37. The molecule has 138 valence electrons. The molecule has 0 saturated heterocycles. The number of hydrogen-bond donors (Lipinski definition) is 1. The Morgan fingerprint density at radius 2 is 1.81 bits per heavy atom. The van der Waals surface area contributed by atoms with Gasteiger partial charge >= 0.3 is 12.1 Å². The molecule has 0 unspecified atom stereocenters. The first-order chi connectivity index (χ1) is 12.2. The second-order valence-corrected chi connectivity index (χ2v) is 6.17. The van der Waals surface area contributed by atoms with Gasteiger partial charge < -0.3 is 14.8 Å². The highest BCUT2D eigenvalue weighted by Gasteiger charge is 2.28. The fourth-order valence-electron chi connectivity index (χ4n) is 1.69. The molecule has 10 heteroatoms. The Balaban J connectivity index is 1.81. The number of carbonyl (C=O) groups excluding carboxylic acids is 2. The zero-order chi connectivity index (χ0) is 19.2. The topological polar surface area (TPSA) is 77.5 Å². The normalized spacial score (nSPS) is 10.9. The van der Waals surface area contributed by atoms with E-state index in [-0.39, 0.29) is 11.4 Å². The minimum Gasteiger partial charge on any atom is -0.468 e. The Morgan fingerprint density at radius 1 is 1.12 bits per heavy atom. The molecule has 0 aliphatic carbocycles. The van der Waals surface area contributed by atoms with Gasteiger partial charge in [0.1, 0.15) is 0 Å². The summed E-state index contributed by atoms with van der Waals surface area (Å²) in [6.07, 6.45) is -3.48. The van der Waals surface area contributed by atoms with Crippen LogP contribution in [0.25, 0.3) is 0 Å². The van der Waals surface area contributed by atoms with Crippen molar-refractivity contribution in [3.8, 4) is 5.88 Å². The van der Waals surface area contributed by atoms with Crippen molar-refractivity contribution < 1.29 is 32.2 Å². The highest BCUT2D eigenvalue weighted by atomic mass is 127. The molecule has 1 amide bonds. The quantitative estimate of drug-likeness (QED) is 0.507. The molecule has 0 aliphatic rings. The maximum absolute atomic E-state index is 12.0. The van der Waals surface area contributed by atoms with E-state index in [0.29, 0.717) is 5.69 Å². The van der Waals surface area contributed by atoms with Gasteiger partial charge in [-0.2, -0.15) is 13.2 Å². The second kappa shape index (κ2) is 8.83. The third-order valence-electron chi connectivity index (χ3n) is 2.82. The number of hydrogen-bond acceptors (Lipinski definition) is 5. The molecule has 1 aromatic heterocycles. The third kappa shape index (κ3) is 6.86.